The van der Waals surface area contributed by atoms with Gasteiger partial charge in [-0.2, -0.15) is 4.21 Å². The number of carbonyl (C=O) groups is 4. The molecule has 0 aromatic carbocycles. The predicted molar refractivity (Wildman–Crippen MR) is 115 cm³/mol. The molecule has 19 nitrogen and oxygen atoms in total. The summed E-state index contributed by atoms with van der Waals surface area (Å²) in [4.78, 5) is 36.0. The van der Waals surface area contributed by atoms with Crippen LogP contribution in [0.15, 0.2) is 0 Å². The molecule has 0 radical (unpaired) electrons. The highest BCUT2D eigenvalue weighted by Gasteiger charge is 1.66. The molecule has 0 aliphatic heterocycles. The molecule has 20 heteroatoms. The summed E-state index contributed by atoms with van der Waals surface area (Å²) in [7, 11) is 0. The first-order valence-corrected chi connectivity index (χ1v) is 6.62. The van der Waals surface area contributed by atoms with E-state index in [2.05, 4.69) is 0 Å². The Balaban J connectivity index is -0.0000000125. The minimum absolute atomic E-state index is 0. The highest BCUT2D eigenvalue weighted by molar-refractivity contribution is 7.73. The molecule has 0 aromatic heterocycles. The van der Waals surface area contributed by atoms with Gasteiger partial charge in [-0.3, -0.25) is 28.3 Å². The van der Waals surface area contributed by atoms with Crippen molar-refractivity contribution in [3.8, 4) is 0 Å². The van der Waals surface area contributed by atoms with E-state index >= 15 is 0 Å². The smallest absolute Gasteiger partial charge is 0.300 e. The van der Waals surface area contributed by atoms with Gasteiger partial charge < -0.3 is 68.8 Å². The van der Waals surface area contributed by atoms with Gasteiger partial charge in [-0.1, -0.05) is 0 Å². The average molecular weight is 485 g/mol. The quantitative estimate of drug-likeness (QED) is 0.216. The van der Waals surface area contributed by atoms with E-state index < -0.39 is 35.2 Å². The first kappa shape index (κ1) is 80.2. The molecule has 28 N–H and O–H groups in total. The summed E-state index contributed by atoms with van der Waals surface area (Å²) < 4.78 is 22.8. The zero-order valence-corrected chi connectivity index (χ0v) is 18.8. The second-order valence-electron chi connectivity index (χ2n) is 2.88. The number of nitrogens with two attached hydrogens (primary N) is 2. The average Bonchev–Trinajstić information content (AvgIpc) is 2.24. The third-order valence-electron chi connectivity index (χ3n) is 0.167. The molecule has 0 aromatic rings. The zero-order chi connectivity index (χ0) is 21.3. The van der Waals surface area contributed by atoms with Crippen molar-refractivity contribution in [2.24, 2.45) is 11.5 Å². The van der Waals surface area contributed by atoms with Crippen LogP contribution in [0.25, 0.3) is 0 Å². The Morgan fingerprint density at radius 1 is 0.567 bits per heavy atom. The fraction of sp³-hybridized carbons (Fsp3) is 0.600. The van der Waals surface area contributed by atoms with Crippen LogP contribution in [0.4, 0.5) is 0 Å². The molecular weight excluding hydrogens is 440 g/mol. The highest BCUT2D eigenvalue weighted by atomic mass is 32.2. The first-order valence-electron chi connectivity index (χ1n) is 5.56. The standard InChI is InChI=1S/C2H8N2.4C2H4O2.6H3N.H2O3S/c3-1-2-4;4*1-2(3)4;;;;;;;1-4(2)3/h1-4H2;4*1H3,(H,3,4);6*1H3;(H2,1,2,3). The number of carboxylic acid groups (broad SMARTS) is 4. The van der Waals surface area contributed by atoms with Gasteiger partial charge in [-0.05, 0) is 0 Å². The Bertz CT molecular complexity index is 260. The molecule has 0 unspecified atom stereocenters. The van der Waals surface area contributed by atoms with Crippen LogP contribution in [0.1, 0.15) is 27.7 Å². The molecule has 0 aliphatic carbocycles. The maximum Gasteiger partial charge on any atom is 0.300 e. The van der Waals surface area contributed by atoms with E-state index in [0.717, 1.165) is 27.7 Å². The van der Waals surface area contributed by atoms with E-state index in [1.54, 1.807) is 0 Å². The van der Waals surface area contributed by atoms with Gasteiger partial charge in [0.15, 0.2) is 0 Å². The Morgan fingerprint density at radius 2 is 0.600 bits per heavy atom. The van der Waals surface area contributed by atoms with Crippen molar-refractivity contribution < 1.29 is 52.9 Å². The molecule has 0 saturated carbocycles. The molecule has 0 spiro atoms. The lowest BCUT2D eigenvalue weighted by molar-refractivity contribution is -0.135. The van der Waals surface area contributed by atoms with Gasteiger partial charge in [0.1, 0.15) is 0 Å². The third kappa shape index (κ3) is 8280. The monoisotopic (exact) mass is 484 g/mol. The summed E-state index contributed by atoms with van der Waals surface area (Å²) in [6.45, 7) is 5.53. The third-order valence-corrected chi connectivity index (χ3v) is 0.167. The van der Waals surface area contributed by atoms with E-state index in [1.807, 2.05) is 0 Å². The van der Waals surface area contributed by atoms with Gasteiger partial charge in [0, 0.05) is 40.8 Å². The molecule has 0 saturated heterocycles. The van der Waals surface area contributed by atoms with Crippen molar-refractivity contribution >= 4 is 35.2 Å². The molecule has 0 fully saturated rings. The Morgan fingerprint density at radius 3 is 0.600 bits per heavy atom. The molecular formula is C10H44N8O11S. The molecule has 196 valence electrons. The Hall–Kier alpha value is -2.37. The van der Waals surface area contributed by atoms with Gasteiger partial charge in [0.05, 0.1) is 0 Å². The van der Waals surface area contributed by atoms with Crippen LogP contribution in [0, 0.1) is 0 Å². The minimum Gasteiger partial charge on any atom is -0.481 e. The second kappa shape index (κ2) is 81.7. The normalized spacial score (nSPS) is 5.50. The molecule has 0 amide bonds. The lowest BCUT2D eigenvalue weighted by Gasteiger charge is -1.72. The second-order valence-corrected chi connectivity index (χ2v) is 3.35. The molecule has 0 heterocycles. The van der Waals surface area contributed by atoms with E-state index in [1.165, 1.54) is 0 Å². The number of carboxylic acids is 4. The molecule has 0 rings (SSSR count). The van der Waals surface area contributed by atoms with E-state index in [0.29, 0.717) is 13.1 Å². The predicted octanol–water partition coefficient (Wildman–Crippen LogP) is -0.0795. The summed E-state index contributed by atoms with van der Waals surface area (Å²) in [5, 5.41) is 29.7. The van der Waals surface area contributed by atoms with E-state index in [4.69, 9.17) is 64.4 Å². The number of hydrogen-bond donors (Lipinski definition) is 14. The van der Waals surface area contributed by atoms with Gasteiger partial charge >= 0.3 is 0 Å². The summed E-state index contributed by atoms with van der Waals surface area (Å²) in [6, 6.07) is 0. The van der Waals surface area contributed by atoms with Gasteiger partial charge in [-0.15, -0.1) is 0 Å². The summed E-state index contributed by atoms with van der Waals surface area (Å²) in [5.74, 6) is -3.33. The van der Waals surface area contributed by atoms with Gasteiger partial charge in [0.25, 0.3) is 35.2 Å². The SMILES string of the molecule is CC(=O)O.CC(=O)O.CC(=O)O.CC(=O)O.N.N.N.N.N.N.NCCN.O=S(O)O. The van der Waals surface area contributed by atoms with Crippen LogP contribution in [-0.2, 0) is 30.5 Å². The van der Waals surface area contributed by atoms with Crippen molar-refractivity contribution in [1.29, 1.82) is 0 Å². The maximum absolute atomic E-state index is 9.00. The fourth-order valence-corrected chi connectivity index (χ4v) is 0. The van der Waals surface area contributed by atoms with Crippen molar-refractivity contribution in [2.75, 3.05) is 13.1 Å². The number of hydrogen-bond acceptors (Lipinski definition) is 13. The fourth-order valence-electron chi connectivity index (χ4n) is 0. The minimum atomic E-state index is -2.61. The van der Waals surface area contributed by atoms with Crippen LogP contribution in [0.2, 0.25) is 0 Å². The van der Waals surface area contributed by atoms with E-state index in [9.17, 15) is 0 Å². The summed E-state index contributed by atoms with van der Waals surface area (Å²) in [5.41, 5.74) is 9.81. The van der Waals surface area contributed by atoms with E-state index in [-0.39, 0.29) is 36.9 Å². The van der Waals surface area contributed by atoms with Gasteiger partial charge in [-0.25, -0.2) is 0 Å². The largest absolute Gasteiger partial charge is 0.481 e. The Labute approximate surface area is 178 Å². The van der Waals surface area contributed by atoms with Crippen LogP contribution >= 0.6 is 0 Å². The van der Waals surface area contributed by atoms with Crippen LogP contribution in [-0.4, -0.2) is 70.7 Å². The lowest BCUT2D eigenvalue weighted by Crippen LogP contribution is -2.11. The first-order chi connectivity index (χ1) is 10.6. The van der Waals surface area contributed by atoms with Crippen molar-refractivity contribution in [1.82, 2.24) is 36.9 Å². The molecule has 0 aliphatic rings. The maximum atomic E-state index is 9.00. The molecule has 0 bridgehead atoms. The lowest BCUT2D eigenvalue weighted by atomic mass is 10.7. The van der Waals surface area contributed by atoms with Gasteiger partial charge in [0.2, 0.25) is 0 Å². The van der Waals surface area contributed by atoms with Crippen LogP contribution < -0.4 is 48.4 Å². The van der Waals surface area contributed by atoms with Crippen LogP contribution in [0.3, 0.4) is 0 Å². The zero-order valence-electron chi connectivity index (χ0n) is 17.9. The van der Waals surface area contributed by atoms with Crippen molar-refractivity contribution in [3.63, 3.8) is 0 Å². The summed E-state index contributed by atoms with van der Waals surface area (Å²) in [6.07, 6.45) is 0. The Kier molecular flexibility index (Phi) is 219. The number of aliphatic carboxylic acids is 4. The topological polar surface area (TPSA) is 469 Å². The van der Waals surface area contributed by atoms with Crippen molar-refractivity contribution in [3.05, 3.63) is 0 Å². The van der Waals surface area contributed by atoms with Crippen molar-refractivity contribution in [2.45, 2.75) is 27.7 Å². The number of rotatable bonds is 1. The molecule has 30 heavy (non-hydrogen) atoms. The highest BCUT2D eigenvalue weighted by Crippen LogP contribution is 1.44. The molecule has 0 atom stereocenters. The summed E-state index contributed by atoms with van der Waals surface area (Å²) >= 11 is -2.61. The van der Waals surface area contributed by atoms with Crippen LogP contribution in [0.5, 0.6) is 0 Å².